The van der Waals surface area contributed by atoms with Crippen LogP contribution in [0, 0.1) is 10.1 Å². The molecule has 0 aliphatic rings. The molecule has 0 aliphatic carbocycles. The van der Waals surface area contributed by atoms with Gasteiger partial charge >= 0.3 is 0 Å². The Labute approximate surface area is 105 Å². The Morgan fingerprint density at radius 1 is 1.33 bits per heavy atom. The Hall–Kier alpha value is -2.30. The monoisotopic (exact) mass is 246 g/mol. The topological polar surface area (TPSA) is 68.3 Å². The first kappa shape index (κ1) is 12.2. The molecule has 1 atom stereocenters. The molecular weight excluding hydrogens is 232 g/mol. The second-order valence-electron chi connectivity index (χ2n) is 3.89. The van der Waals surface area contributed by atoms with Crippen LogP contribution >= 0.6 is 0 Å². The third-order valence-corrected chi connectivity index (χ3v) is 2.73. The number of rotatable bonds is 5. The quantitative estimate of drug-likeness (QED) is 0.644. The second-order valence-corrected chi connectivity index (χ2v) is 3.89. The summed E-state index contributed by atoms with van der Waals surface area (Å²) in [4.78, 5) is 10.5. The smallest absolute Gasteiger partial charge is 0.292 e. The number of furan rings is 1. The van der Waals surface area contributed by atoms with E-state index in [0.717, 1.165) is 12.2 Å². The van der Waals surface area contributed by atoms with E-state index in [1.54, 1.807) is 30.5 Å². The maximum Gasteiger partial charge on any atom is 0.292 e. The third-order valence-electron chi connectivity index (χ3n) is 2.73. The average Bonchev–Trinajstić information content (AvgIpc) is 2.90. The van der Waals surface area contributed by atoms with E-state index < -0.39 is 4.92 Å². The molecule has 0 radical (unpaired) electrons. The van der Waals surface area contributed by atoms with Crippen molar-refractivity contribution in [3.05, 3.63) is 58.5 Å². The van der Waals surface area contributed by atoms with Gasteiger partial charge in [-0.05, 0) is 24.6 Å². The number of anilines is 1. The maximum absolute atomic E-state index is 10.9. The average molecular weight is 246 g/mol. The van der Waals surface area contributed by atoms with Gasteiger partial charge in [0.25, 0.3) is 5.69 Å². The lowest BCUT2D eigenvalue weighted by Gasteiger charge is -2.15. The van der Waals surface area contributed by atoms with Gasteiger partial charge in [0.15, 0.2) is 0 Å². The molecule has 0 aliphatic heterocycles. The van der Waals surface area contributed by atoms with E-state index in [9.17, 15) is 10.1 Å². The largest absolute Gasteiger partial charge is 0.467 e. The van der Waals surface area contributed by atoms with Crippen molar-refractivity contribution in [3.63, 3.8) is 0 Å². The Morgan fingerprint density at radius 2 is 2.11 bits per heavy atom. The van der Waals surface area contributed by atoms with E-state index in [2.05, 4.69) is 5.32 Å². The van der Waals surface area contributed by atoms with E-state index >= 15 is 0 Å². The Morgan fingerprint density at radius 3 is 2.72 bits per heavy atom. The molecule has 1 unspecified atom stereocenters. The fraction of sp³-hybridized carbons (Fsp3) is 0.231. The third kappa shape index (κ3) is 2.51. The van der Waals surface area contributed by atoms with Crippen LogP contribution in [0.3, 0.4) is 0 Å². The number of nitrogens with zero attached hydrogens (tertiary/aromatic N) is 1. The summed E-state index contributed by atoms with van der Waals surface area (Å²) in [7, 11) is 0. The van der Waals surface area contributed by atoms with Gasteiger partial charge in [0.1, 0.15) is 11.4 Å². The van der Waals surface area contributed by atoms with Crippen molar-refractivity contribution in [1.82, 2.24) is 0 Å². The molecule has 94 valence electrons. The maximum atomic E-state index is 10.9. The summed E-state index contributed by atoms with van der Waals surface area (Å²) < 4.78 is 5.33. The highest BCUT2D eigenvalue weighted by atomic mass is 16.6. The van der Waals surface area contributed by atoms with Crippen LogP contribution in [0.2, 0.25) is 0 Å². The first-order valence-corrected chi connectivity index (χ1v) is 5.75. The molecular formula is C13H14N2O3. The van der Waals surface area contributed by atoms with Crippen LogP contribution in [0.25, 0.3) is 0 Å². The highest BCUT2D eigenvalue weighted by Gasteiger charge is 2.17. The molecule has 5 heteroatoms. The number of nitro benzene ring substituents is 1. The number of nitro groups is 1. The Bertz CT molecular complexity index is 523. The van der Waals surface area contributed by atoms with Crippen LogP contribution in [0.5, 0.6) is 0 Å². The van der Waals surface area contributed by atoms with Crippen molar-refractivity contribution in [2.75, 3.05) is 5.32 Å². The zero-order chi connectivity index (χ0) is 13.0. The van der Waals surface area contributed by atoms with Gasteiger partial charge < -0.3 is 9.73 Å². The molecule has 1 aromatic heterocycles. The van der Waals surface area contributed by atoms with Crippen molar-refractivity contribution in [1.29, 1.82) is 0 Å². The van der Waals surface area contributed by atoms with Crippen LogP contribution in [-0.2, 0) is 0 Å². The van der Waals surface area contributed by atoms with Gasteiger partial charge in [0.05, 0.1) is 17.2 Å². The first-order valence-electron chi connectivity index (χ1n) is 5.75. The van der Waals surface area contributed by atoms with Gasteiger partial charge in [0.2, 0.25) is 0 Å². The summed E-state index contributed by atoms with van der Waals surface area (Å²) in [6.45, 7) is 2.00. The van der Waals surface area contributed by atoms with E-state index in [1.807, 2.05) is 13.0 Å². The fourth-order valence-corrected chi connectivity index (χ4v) is 1.81. The van der Waals surface area contributed by atoms with Crippen molar-refractivity contribution >= 4 is 11.4 Å². The normalized spacial score (nSPS) is 12.1. The van der Waals surface area contributed by atoms with Crippen LogP contribution in [-0.4, -0.2) is 4.92 Å². The summed E-state index contributed by atoms with van der Waals surface area (Å²) in [5, 5.41) is 14.1. The van der Waals surface area contributed by atoms with Crippen LogP contribution in [0.1, 0.15) is 25.1 Å². The molecule has 1 N–H and O–H groups in total. The minimum atomic E-state index is -0.392. The zero-order valence-corrected chi connectivity index (χ0v) is 10.00. The summed E-state index contributed by atoms with van der Waals surface area (Å²) in [5.41, 5.74) is 0.577. The van der Waals surface area contributed by atoms with Crippen LogP contribution in [0.4, 0.5) is 11.4 Å². The standard InChI is InChI=1S/C13H14N2O3/c1-2-10(13-8-5-9-18-13)14-11-6-3-4-7-12(11)15(16)17/h3-10,14H,2H2,1H3. The predicted octanol–water partition coefficient (Wildman–Crippen LogP) is 3.75. The van der Waals surface area contributed by atoms with Crippen molar-refractivity contribution in [2.45, 2.75) is 19.4 Å². The lowest BCUT2D eigenvalue weighted by Crippen LogP contribution is -2.10. The molecule has 1 heterocycles. The summed E-state index contributed by atoms with van der Waals surface area (Å²) in [6, 6.07) is 10.2. The lowest BCUT2D eigenvalue weighted by atomic mass is 10.1. The number of benzene rings is 1. The highest BCUT2D eigenvalue weighted by molar-refractivity contribution is 5.61. The lowest BCUT2D eigenvalue weighted by molar-refractivity contribution is -0.384. The Balaban J connectivity index is 2.25. The van der Waals surface area contributed by atoms with Gasteiger partial charge in [-0.25, -0.2) is 0 Å². The number of nitrogens with one attached hydrogen (secondary N) is 1. The number of para-hydroxylation sites is 2. The van der Waals surface area contributed by atoms with Crippen LogP contribution < -0.4 is 5.32 Å². The highest BCUT2D eigenvalue weighted by Crippen LogP contribution is 2.29. The van der Waals surface area contributed by atoms with E-state index in [4.69, 9.17) is 4.42 Å². The van der Waals surface area contributed by atoms with Crippen LogP contribution in [0.15, 0.2) is 47.1 Å². The molecule has 5 nitrogen and oxygen atoms in total. The van der Waals surface area contributed by atoms with Gasteiger partial charge in [-0.3, -0.25) is 10.1 Å². The van der Waals surface area contributed by atoms with Crippen molar-refractivity contribution < 1.29 is 9.34 Å². The number of hydrogen-bond donors (Lipinski definition) is 1. The molecule has 2 aromatic rings. The summed E-state index contributed by atoms with van der Waals surface area (Å²) in [6.07, 6.45) is 2.37. The van der Waals surface area contributed by atoms with Gasteiger partial charge in [-0.15, -0.1) is 0 Å². The van der Waals surface area contributed by atoms with E-state index in [1.165, 1.54) is 6.07 Å². The van der Waals surface area contributed by atoms with E-state index in [-0.39, 0.29) is 11.7 Å². The summed E-state index contributed by atoms with van der Waals surface area (Å²) >= 11 is 0. The molecule has 0 spiro atoms. The molecule has 1 aromatic carbocycles. The fourth-order valence-electron chi connectivity index (χ4n) is 1.81. The second kappa shape index (κ2) is 5.35. The van der Waals surface area contributed by atoms with Gasteiger partial charge in [0, 0.05) is 6.07 Å². The first-order chi connectivity index (χ1) is 8.72. The number of hydrogen-bond acceptors (Lipinski definition) is 4. The SMILES string of the molecule is CCC(Nc1ccccc1[N+](=O)[O-])c1ccco1. The molecule has 0 saturated heterocycles. The van der Waals surface area contributed by atoms with Gasteiger partial charge in [-0.1, -0.05) is 19.1 Å². The van der Waals surface area contributed by atoms with E-state index in [0.29, 0.717) is 5.69 Å². The molecule has 0 amide bonds. The van der Waals surface area contributed by atoms with Gasteiger partial charge in [-0.2, -0.15) is 0 Å². The molecule has 18 heavy (non-hydrogen) atoms. The molecule has 0 fully saturated rings. The molecule has 0 saturated carbocycles. The minimum absolute atomic E-state index is 0.0684. The molecule has 2 rings (SSSR count). The van der Waals surface area contributed by atoms with Crippen molar-refractivity contribution in [3.8, 4) is 0 Å². The predicted molar refractivity (Wildman–Crippen MR) is 68.5 cm³/mol. The Kier molecular flexibility index (Phi) is 3.62. The molecule has 0 bridgehead atoms. The zero-order valence-electron chi connectivity index (χ0n) is 10.00. The minimum Gasteiger partial charge on any atom is -0.467 e. The summed E-state index contributed by atoms with van der Waals surface area (Å²) in [5.74, 6) is 0.774. The van der Waals surface area contributed by atoms with Crippen molar-refractivity contribution in [2.24, 2.45) is 0 Å².